The van der Waals surface area contributed by atoms with E-state index in [2.05, 4.69) is 22.7 Å². The van der Waals surface area contributed by atoms with E-state index in [-0.39, 0.29) is 30.5 Å². The quantitative estimate of drug-likeness (QED) is 0.723. The molecule has 1 saturated carbocycles. The third-order valence-electron chi connectivity index (χ3n) is 5.23. The van der Waals surface area contributed by atoms with Gasteiger partial charge in [-0.3, -0.25) is 9.48 Å². The molecule has 1 aromatic rings. The van der Waals surface area contributed by atoms with Crippen LogP contribution in [0, 0.1) is 11.8 Å². The first-order chi connectivity index (χ1) is 11.2. The summed E-state index contributed by atoms with van der Waals surface area (Å²) >= 11 is 0. The predicted octanol–water partition coefficient (Wildman–Crippen LogP) is 1.58. The predicted molar refractivity (Wildman–Crippen MR) is 95.3 cm³/mol. The lowest BCUT2D eigenvalue weighted by Crippen LogP contribution is -2.53. The fourth-order valence-corrected chi connectivity index (χ4v) is 3.89. The maximum Gasteiger partial charge on any atom is 0.269 e. The molecule has 7 heteroatoms. The first kappa shape index (κ1) is 19.2. The largest absolute Gasteiger partial charge is 0.393 e. The van der Waals surface area contributed by atoms with Crippen LogP contribution in [0.2, 0.25) is 0 Å². The molecule has 1 unspecified atom stereocenters. The minimum absolute atomic E-state index is 0. The van der Waals surface area contributed by atoms with Gasteiger partial charge in [-0.2, -0.15) is 5.10 Å². The second kappa shape index (κ2) is 8.83. The molecule has 6 nitrogen and oxygen atoms in total. The zero-order chi connectivity index (χ0) is 16.2. The molecule has 2 fully saturated rings. The van der Waals surface area contributed by atoms with E-state index in [0.717, 1.165) is 51.7 Å². The zero-order valence-corrected chi connectivity index (χ0v) is 15.1. The lowest BCUT2D eigenvalue weighted by molar-refractivity contribution is 0.00906. The van der Waals surface area contributed by atoms with Crippen LogP contribution in [0.5, 0.6) is 0 Å². The third kappa shape index (κ3) is 4.29. The number of hydrogen-bond acceptors (Lipinski definition) is 4. The van der Waals surface area contributed by atoms with Crippen LogP contribution in [0.1, 0.15) is 49.5 Å². The number of aryl methyl sites for hydroxylation is 1. The minimum atomic E-state index is -0.188. The first-order valence-electron chi connectivity index (χ1n) is 8.90. The van der Waals surface area contributed by atoms with E-state index in [1.807, 2.05) is 0 Å². The molecule has 2 aliphatic rings. The molecular weight excluding hydrogens is 328 g/mol. The van der Waals surface area contributed by atoms with Crippen molar-refractivity contribution in [1.29, 1.82) is 0 Å². The number of halogens is 1. The molecule has 2 heterocycles. The van der Waals surface area contributed by atoms with Gasteiger partial charge in [-0.25, -0.2) is 0 Å². The van der Waals surface area contributed by atoms with Gasteiger partial charge in [0.25, 0.3) is 5.91 Å². The van der Waals surface area contributed by atoms with Crippen molar-refractivity contribution in [1.82, 2.24) is 20.4 Å². The Morgan fingerprint density at radius 1 is 1.42 bits per heavy atom. The highest BCUT2D eigenvalue weighted by Crippen LogP contribution is 2.35. The van der Waals surface area contributed by atoms with E-state index in [4.69, 9.17) is 0 Å². The monoisotopic (exact) mass is 356 g/mol. The van der Waals surface area contributed by atoms with Crippen molar-refractivity contribution < 1.29 is 9.90 Å². The summed E-state index contributed by atoms with van der Waals surface area (Å²) in [4.78, 5) is 12.7. The summed E-state index contributed by atoms with van der Waals surface area (Å²) in [7, 11) is 0. The number of nitrogens with one attached hydrogen (secondary N) is 2. The molecule has 1 aliphatic carbocycles. The Balaban J connectivity index is 0.00000208. The average Bonchev–Trinajstić information content (AvgIpc) is 2.99. The summed E-state index contributed by atoms with van der Waals surface area (Å²) in [5, 5.41) is 20.6. The van der Waals surface area contributed by atoms with E-state index in [0.29, 0.717) is 17.5 Å². The van der Waals surface area contributed by atoms with Crippen molar-refractivity contribution >= 4 is 18.3 Å². The summed E-state index contributed by atoms with van der Waals surface area (Å²) in [6.45, 7) is 4.87. The first-order valence-corrected chi connectivity index (χ1v) is 8.90. The Labute approximate surface area is 149 Å². The number of rotatable bonds is 6. The summed E-state index contributed by atoms with van der Waals surface area (Å²) in [6, 6.07) is 1.96. The van der Waals surface area contributed by atoms with Crippen molar-refractivity contribution in [3.8, 4) is 0 Å². The van der Waals surface area contributed by atoms with Crippen LogP contribution in [0.15, 0.2) is 12.3 Å². The minimum Gasteiger partial charge on any atom is -0.393 e. The maximum absolute atomic E-state index is 12.7. The molecule has 1 atom stereocenters. The number of aliphatic hydroxyl groups excluding tert-OH is 1. The SMILES string of the molecule is CCCn1nccc1C(=O)NC(C1CCNCC1)C1CC(O)C1.Cl. The van der Waals surface area contributed by atoms with Gasteiger partial charge in [0, 0.05) is 18.8 Å². The van der Waals surface area contributed by atoms with Crippen molar-refractivity contribution in [2.24, 2.45) is 11.8 Å². The van der Waals surface area contributed by atoms with Gasteiger partial charge in [0.05, 0.1) is 6.10 Å². The Kier molecular flexibility index (Phi) is 7.07. The molecule has 1 amide bonds. The van der Waals surface area contributed by atoms with E-state index in [1.54, 1.807) is 16.9 Å². The number of aliphatic hydroxyl groups is 1. The fraction of sp³-hybridized carbons (Fsp3) is 0.765. The highest BCUT2D eigenvalue weighted by molar-refractivity contribution is 5.92. The van der Waals surface area contributed by atoms with Gasteiger partial charge in [0.1, 0.15) is 5.69 Å². The van der Waals surface area contributed by atoms with Crippen LogP contribution in [0.25, 0.3) is 0 Å². The van der Waals surface area contributed by atoms with Crippen LogP contribution in [-0.2, 0) is 6.54 Å². The van der Waals surface area contributed by atoms with E-state index in [9.17, 15) is 9.90 Å². The normalized spacial score (nSPS) is 25.4. The molecular formula is C17H29ClN4O2. The Morgan fingerprint density at radius 2 is 2.12 bits per heavy atom. The number of carbonyl (C=O) groups is 1. The summed E-state index contributed by atoms with van der Waals surface area (Å²) < 4.78 is 1.78. The van der Waals surface area contributed by atoms with Crippen LogP contribution >= 0.6 is 12.4 Å². The number of amides is 1. The van der Waals surface area contributed by atoms with E-state index < -0.39 is 0 Å². The molecule has 3 rings (SSSR count). The van der Waals surface area contributed by atoms with Gasteiger partial charge in [-0.15, -0.1) is 12.4 Å². The van der Waals surface area contributed by atoms with Crippen LogP contribution < -0.4 is 10.6 Å². The summed E-state index contributed by atoms with van der Waals surface area (Å²) in [5.74, 6) is 0.876. The third-order valence-corrected chi connectivity index (χ3v) is 5.23. The average molecular weight is 357 g/mol. The topological polar surface area (TPSA) is 79.2 Å². The van der Waals surface area contributed by atoms with Gasteiger partial charge in [-0.1, -0.05) is 6.92 Å². The van der Waals surface area contributed by atoms with Crippen LogP contribution in [-0.4, -0.2) is 46.0 Å². The summed E-state index contributed by atoms with van der Waals surface area (Å²) in [5.41, 5.74) is 0.644. The molecule has 0 radical (unpaired) electrons. The number of aromatic nitrogens is 2. The lowest BCUT2D eigenvalue weighted by Gasteiger charge is -2.43. The second-order valence-electron chi connectivity index (χ2n) is 6.91. The Morgan fingerprint density at radius 3 is 2.75 bits per heavy atom. The second-order valence-corrected chi connectivity index (χ2v) is 6.91. The van der Waals surface area contributed by atoms with Gasteiger partial charge < -0.3 is 15.7 Å². The van der Waals surface area contributed by atoms with E-state index >= 15 is 0 Å². The summed E-state index contributed by atoms with van der Waals surface area (Å²) in [6.07, 6.45) is 6.25. The molecule has 1 aliphatic heterocycles. The Bertz CT molecular complexity index is 524. The van der Waals surface area contributed by atoms with Crippen molar-refractivity contribution in [3.05, 3.63) is 18.0 Å². The molecule has 24 heavy (non-hydrogen) atoms. The van der Waals surface area contributed by atoms with Gasteiger partial charge in [0.2, 0.25) is 0 Å². The van der Waals surface area contributed by atoms with Crippen molar-refractivity contribution in [2.75, 3.05) is 13.1 Å². The number of nitrogens with zero attached hydrogens (tertiary/aromatic N) is 2. The highest BCUT2D eigenvalue weighted by atomic mass is 35.5. The molecule has 0 aromatic carbocycles. The molecule has 1 saturated heterocycles. The number of carbonyl (C=O) groups excluding carboxylic acids is 1. The standard InChI is InChI=1S/C17H28N4O2.ClH/c1-2-9-21-15(5-8-19-21)17(23)20-16(13-10-14(22)11-13)12-3-6-18-7-4-12;/h5,8,12-14,16,18,22H,2-4,6-7,9-11H2,1H3,(H,20,23);1H. The fourth-order valence-electron chi connectivity index (χ4n) is 3.89. The zero-order valence-electron chi connectivity index (χ0n) is 14.3. The Hall–Kier alpha value is -1.11. The number of hydrogen-bond donors (Lipinski definition) is 3. The van der Waals surface area contributed by atoms with Gasteiger partial charge in [0.15, 0.2) is 0 Å². The smallest absolute Gasteiger partial charge is 0.269 e. The molecule has 0 bridgehead atoms. The number of piperidine rings is 1. The van der Waals surface area contributed by atoms with Gasteiger partial charge >= 0.3 is 0 Å². The van der Waals surface area contributed by atoms with Crippen LogP contribution in [0.4, 0.5) is 0 Å². The van der Waals surface area contributed by atoms with Crippen LogP contribution in [0.3, 0.4) is 0 Å². The molecule has 0 spiro atoms. The maximum atomic E-state index is 12.7. The molecule has 1 aromatic heterocycles. The van der Waals surface area contributed by atoms with E-state index in [1.165, 1.54) is 0 Å². The molecule has 3 N–H and O–H groups in total. The van der Waals surface area contributed by atoms with Crippen molar-refractivity contribution in [2.45, 2.75) is 57.7 Å². The van der Waals surface area contributed by atoms with Crippen molar-refractivity contribution in [3.63, 3.8) is 0 Å². The highest BCUT2D eigenvalue weighted by Gasteiger charge is 2.39. The van der Waals surface area contributed by atoms with Gasteiger partial charge in [-0.05, 0) is 63.1 Å². The lowest BCUT2D eigenvalue weighted by atomic mass is 9.71. The molecule has 136 valence electrons.